The van der Waals surface area contributed by atoms with E-state index in [1.165, 1.54) is 23.5 Å². The Morgan fingerprint density at radius 3 is 2.48 bits per heavy atom. The fourth-order valence-electron chi connectivity index (χ4n) is 3.03. The van der Waals surface area contributed by atoms with Crippen molar-refractivity contribution in [1.82, 2.24) is 24.0 Å². The lowest BCUT2D eigenvalue weighted by molar-refractivity contribution is -0.121. The Balaban J connectivity index is 1.78. The van der Waals surface area contributed by atoms with E-state index >= 15 is 0 Å². The number of aromatic nitrogens is 4. The average molecular weight is 398 g/mol. The Morgan fingerprint density at radius 2 is 1.83 bits per heavy atom. The van der Waals surface area contributed by atoms with E-state index in [1.807, 2.05) is 31.2 Å². The van der Waals surface area contributed by atoms with Gasteiger partial charge in [0, 0.05) is 13.6 Å². The van der Waals surface area contributed by atoms with Gasteiger partial charge in [0.15, 0.2) is 11.2 Å². The van der Waals surface area contributed by atoms with Crippen LogP contribution in [-0.4, -0.2) is 37.0 Å². The highest BCUT2D eigenvalue weighted by atomic mass is 16.2. The first-order chi connectivity index (χ1) is 13.8. The number of fused-ring (bicyclic) bond motifs is 1. The molecule has 0 saturated carbocycles. The van der Waals surface area contributed by atoms with Gasteiger partial charge in [-0.1, -0.05) is 29.8 Å². The maximum Gasteiger partial charge on any atom is 0.332 e. The minimum absolute atomic E-state index is 0.0179. The number of imidazole rings is 1. The van der Waals surface area contributed by atoms with Crippen LogP contribution in [0.4, 0.5) is 0 Å². The quantitative estimate of drug-likeness (QED) is 0.529. The van der Waals surface area contributed by atoms with Gasteiger partial charge in [-0.15, -0.1) is 0 Å². The number of hydrogen-bond acceptors (Lipinski definition) is 5. The van der Waals surface area contributed by atoms with Crippen molar-refractivity contribution in [3.8, 4) is 0 Å². The van der Waals surface area contributed by atoms with Crippen molar-refractivity contribution in [2.45, 2.75) is 26.4 Å². The lowest BCUT2D eigenvalue weighted by atomic mass is 10.1. The molecule has 0 fully saturated rings. The maximum absolute atomic E-state index is 12.5. The number of rotatable bonds is 7. The van der Waals surface area contributed by atoms with Gasteiger partial charge in [-0.3, -0.25) is 23.5 Å². The van der Waals surface area contributed by atoms with Gasteiger partial charge in [-0.2, -0.15) is 0 Å². The normalized spacial score (nSPS) is 11.0. The highest BCUT2D eigenvalue weighted by Crippen LogP contribution is 2.07. The zero-order valence-corrected chi connectivity index (χ0v) is 16.2. The summed E-state index contributed by atoms with van der Waals surface area (Å²) in [4.78, 5) is 52.4. The van der Waals surface area contributed by atoms with Gasteiger partial charge in [0.2, 0.25) is 11.8 Å². The van der Waals surface area contributed by atoms with Crippen LogP contribution < -0.4 is 22.3 Å². The number of carbonyl (C=O) groups is 2. The monoisotopic (exact) mass is 398 g/mol. The number of hydrogen-bond donors (Lipinski definition) is 2. The molecule has 0 radical (unpaired) electrons. The molecular weight excluding hydrogens is 376 g/mol. The predicted molar refractivity (Wildman–Crippen MR) is 106 cm³/mol. The summed E-state index contributed by atoms with van der Waals surface area (Å²) in [5.74, 6) is -1.04. The predicted octanol–water partition coefficient (Wildman–Crippen LogP) is -0.951. The lowest BCUT2D eigenvalue weighted by Gasteiger charge is -2.09. The van der Waals surface area contributed by atoms with Crippen LogP contribution in [0.2, 0.25) is 0 Å². The molecule has 2 aromatic heterocycles. The largest absolute Gasteiger partial charge is 0.368 e. The number of primary amides is 1. The van der Waals surface area contributed by atoms with Crippen LogP contribution in [0.15, 0.2) is 40.2 Å². The van der Waals surface area contributed by atoms with Gasteiger partial charge in [0.1, 0.15) is 13.1 Å². The fourth-order valence-corrected chi connectivity index (χ4v) is 3.03. The van der Waals surface area contributed by atoms with E-state index in [1.54, 1.807) is 0 Å². The second kappa shape index (κ2) is 8.13. The number of carbonyl (C=O) groups excluding carboxylic acids is 2. The van der Waals surface area contributed by atoms with Crippen molar-refractivity contribution in [1.29, 1.82) is 0 Å². The minimum atomic E-state index is -0.740. The molecule has 3 rings (SSSR count). The van der Waals surface area contributed by atoms with Gasteiger partial charge < -0.3 is 15.6 Å². The maximum atomic E-state index is 12.5. The molecule has 152 valence electrons. The summed E-state index contributed by atoms with van der Waals surface area (Å²) in [5, 5.41) is 2.80. The van der Waals surface area contributed by atoms with Crippen LogP contribution in [0.1, 0.15) is 11.1 Å². The van der Waals surface area contributed by atoms with Gasteiger partial charge in [0.05, 0.1) is 6.33 Å². The van der Waals surface area contributed by atoms with Gasteiger partial charge >= 0.3 is 5.69 Å². The number of benzene rings is 1. The topological polar surface area (TPSA) is 134 Å². The third-order valence-electron chi connectivity index (χ3n) is 4.58. The Hall–Kier alpha value is -3.69. The standard InChI is InChI=1S/C19H22N6O4/c1-12-3-5-13(6-4-12)7-8-21-15(27)10-24-11-22-17-16(24)18(28)23(2)19(29)25(17)9-14(20)26/h3-6,11H,7-10H2,1-2H3,(H2,20,26)(H,21,27). The number of nitrogens with one attached hydrogen (secondary N) is 1. The summed E-state index contributed by atoms with van der Waals surface area (Å²) < 4.78 is 3.24. The Morgan fingerprint density at radius 1 is 1.14 bits per heavy atom. The fraction of sp³-hybridized carbons (Fsp3) is 0.316. The van der Waals surface area contributed by atoms with E-state index in [0.717, 1.165) is 14.7 Å². The van der Waals surface area contributed by atoms with E-state index in [9.17, 15) is 19.2 Å². The SMILES string of the molecule is Cc1ccc(CCNC(=O)Cn2cnc3c2c(=O)n(C)c(=O)n3CC(N)=O)cc1. The zero-order valence-electron chi connectivity index (χ0n) is 16.2. The van der Waals surface area contributed by atoms with Crippen LogP contribution in [0.3, 0.4) is 0 Å². The molecule has 0 unspecified atom stereocenters. The van der Waals surface area contributed by atoms with Crippen molar-refractivity contribution in [3.63, 3.8) is 0 Å². The first kappa shape index (κ1) is 20.1. The molecule has 0 spiro atoms. The van der Waals surface area contributed by atoms with E-state index < -0.39 is 23.7 Å². The van der Waals surface area contributed by atoms with Crippen molar-refractivity contribution >= 4 is 23.0 Å². The molecule has 2 amide bonds. The van der Waals surface area contributed by atoms with Crippen molar-refractivity contribution < 1.29 is 9.59 Å². The number of nitrogens with two attached hydrogens (primary N) is 1. The molecule has 10 nitrogen and oxygen atoms in total. The summed E-state index contributed by atoms with van der Waals surface area (Å²) >= 11 is 0. The smallest absolute Gasteiger partial charge is 0.332 e. The highest BCUT2D eigenvalue weighted by Gasteiger charge is 2.18. The minimum Gasteiger partial charge on any atom is -0.368 e. The van der Waals surface area contributed by atoms with E-state index in [2.05, 4.69) is 10.3 Å². The lowest BCUT2D eigenvalue weighted by Crippen LogP contribution is -2.41. The number of amides is 2. The van der Waals surface area contributed by atoms with Crippen molar-refractivity contribution in [2.75, 3.05) is 6.54 Å². The summed E-state index contributed by atoms with van der Waals surface area (Å²) in [6.07, 6.45) is 1.97. The van der Waals surface area contributed by atoms with Crippen LogP contribution in [0, 0.1) is 6.92 Å². The highest BCUT2D eigenvalue weighted by molar-refractivity contribution is 5.80. The van der Waals surface area contributed by atoms with Crippen molar-refractivity contribution in [3.05, 3.63) is 62.6 Å². The molecular formula is C19H22N6O4. The third-order valence-corrected chi connectivity index (χ3v) is 4.58. The van der Waals surface area contributed by atoms with Crippen LogP contribution in [0.25, 0.3) is 11.2 Å². The summed E-state index contributed by atoms with van der Waals surface area (Å²) in [6, 6.07) is 8.03. The third kappa shape index (κ3) is 4.26. The molecule has 29 heavy (non-hydrogen) atoms. The molecule has 3 aromatic rings. The van der Waals surface area contributed by atoms with Crippen LogP contribution in [0.5, 0.6) is 0 Å². The van der Waals surface area contributed by atoms with Crippen LogP contribution in [-0.2, 0) is 36.1 Å². The molecule has 10 heteroatoms. The Labute approximate surface area is 165 Å². The second-order valence-electron chi connectivity index (χ2n) is 6.83. The summed E-state index contributed by atoms with van der Waals surface area (Å²) in [5.41, 5.74) is 6.23. The average Bonchev–Trinajstić information content (AvgIpc) is 3.08. The van der Waals surface area contributed by atoms with E-state index in [-0.39, 0.29) is 23.6 Å². The molecule has 3 N–H and O–H groups in total. The molecule has 0 atom stereocenters. The first-order valence-electron chi connectivity index (χ1n) is 9.03. The zero-order chi connectivity index (χ0) is 21.1. The van der Waals surface area contributed by atoms with Gasteiger partial charge in [0.25, 0.3) is 5.56 Å². The van der Waals surface area contributed by atoms with Crippen molar-refractivity contribution in [2.24, 2.45) is 12.8 Å². The molecule has 0 aliphatic rings. The van der Waals surface area contributed by atoms with Crippen LogP contribution >= 0.6 is 0 Å². The Bertz CT molecular complexity index is 1190. The Kier molecular flexibility index (Phi) is 5.62. The number of aryl methyl sites for hydroxylation is 1. The first-order valence-corrected chi connectivity index (χ1v) is 9.03. The molecule has 0 saturated heterocycles. The summed E-state index contributed by atoms with van der Waals surface area (Å²) in [6.45, 7) is 1.89. The molecule has 0 bridgehead atoms. The second-order valence-corrected chi connectivity index (χ2v) is 6.83. The van der Waals surface area contributed by atoms with Gasteiger partial charge in [-0.05, 0) is 18.9 Å². The molecule has 0 aliphatic carbocycles. The molecule has 0 aliphatic heterocycles. The van der Waals surface area contributed by atoms with E-state index in [4.69, 9.17) is 5.73 Å². The van der Waals surface area contributed by atoms with Gasteiger partial charge in [-0.25, -0.2) is 9.78 Å². The van der Waals surface area contributed by atoms with E-state index in [0.29, 0.717) is 13.0 Å². The molecule has 1 aromatic carbocycles. The summed E-state index contributed by atoms with van der Waals surface area (Å²) in [7, 11) is 1.29. The molecule has 2 heterocycles. The number of nitrogens with zero attached hydrogens (tertiary/aromatic N) is 4.